The Bertz CT molecular complexity index is 1050. The monoisotopic (exact) mass is 558 g/mol. The number of nitrogens with one attached hydrogen (secondary N) is 1. The molecule has 0 bridgehead atoms. The maximum atomic E-state index is 12.6. The maximum Gasteiger partial charge on any atom is 0.330 e. The number of hydrogen-bond acceptors (Lipinski definition) is 9. The predicted molar refractivity (Wildman–Crippen MR) is 146 cm³/mol. The van der Waals surface area contributed by atoms with Crippen molar-refractivity contribution >= 4 is 15.7 Å². The third-order valence-electron chi connectivity index (χ3n) is 4.66. The summed E-state index contributed by atoms with van der Waals surface area (Å²) in [6.07, 6.45) is 3.09. The molecule has 1 rings (SSSR count). The zero-order valence-electron chi connectivity index (χ0n) is 22.5. The molecule has 0 aliphatic rings. The molecule has 3 unspecified atom stereocenters. The first-order chi connectivity index (χ1) is 17.4. The van der Waals surface area contributed by atoms with Crippen LogP contribution in [0.1, 0.15) is 40.3 Å². The van der Waals surface area contributed by atoms with Crippen molar-refractivity contribution in [2.45, 2.75) is 58.5 Å². The fraction of sp³-hybridized carbons (Fsp3) is 0.625. The molecule has 0 aliphatic carbocycles. The van der Waals surface area contributed by atoms with E-state index < -0.39 is 39.2 Å². The van der Waals surface area contributed by atoms with Crippen LogP contribution in [-0.4, -0.2) is 72.2 Å². The van der Waals surface area contributed by atoms with E-state index in [9.17, 15) is 14.2 Å². The quantitative estimate of drug-likeness (QED) is 0.161. The van der Waals surface area contributed by atoms with E-state index in [1.54, 1.807) is 31.3 Å². The van der Waals surface area contributed by atoms with E-state index in [-0.39, 0.29) is 44.9 Å². The Kier molecular flexibility index (Phi) is 15.1. The molecule has 0 spiro atoms. The van der Waals surface area contributed by atoms with Crippen molar-refractivity contribution in [3.8, 4) is 6.07 Å². The molecule has 1 N–H and O–H groups in total. The first-order valence-corrected chi connectivity index (χ1v) is 15.8. The number of nitrogens with zero attached hydrogens (tertiary/aromatic N) is 3. The van der Waals surface area contributed by atoms with Crippen LogP contribution in [0.15, 0.2) is 46.4 Å². The summed E-state index contributed by atoms with van der Waals surface area (Å²) >= 11 is 0. The SMILES string of the molecule is C=CCOCC(/C=C/P(C)(C)=O)OC(COP(OCCC#N)N(C(C)C)C(C)C)n1ccc(=O)[nH]c1=O. The van der Waals surface area contributed by atoms with Crippen LogP contribution < -0.4 is 11.2 Å². The highest BCUT2D eigenvalue weighted by atomic mass is 31.2. The molecule has 0 aliphatic heterocycles. The van der Waals surface area contributed by atoms with Gasteiger partial charge >= 0.3 is 5.69 Å². The number of aromatic nitrogens is 2. The average molecular weight is 559 g/mol. The Morgan fingerprint density at radius 3 is 2.43 bits per heavy atom. The Morgan fingerprint density at radius 1 is 1.22 bits per heavy atom. The molecule has 3 atom stereocenters. The van der Waals surface area contributed by atoms with Gasteiger partial charge in [0.1, 0.15) is 19.9 Å². The molecule has 11 nitrogen and oxygen atoms in total. The third kappa shape index (κ3) is 13.0. The van der Waals surface area contributed by atoms with Crippen LogP contribution in [0.25, 0.3) is 0 Å². The summed E-state index contributed by atoms with van der Waals surface area (Å²) in [5.41, 5.74) is -1.22. The minimum Gasteiger partial charge on any atom is -0.374 e. The highest BCUT2D eigenvalue weighted by Gasteiger charge is 2.29. The minimum absolute atomic E-state index is 0.0783. The number of aromatic amines is 1. The molecule has 208 valence electrons. The molecule has 13 heteroatoms. The van der Waals surface area contributed by atoms with Crippen molar-refractivity contribution in [2.75, 3.05) is 39.8 Å². The first-order valence-electron chi connectivity index (χ1n) is 12.0. The summed E-state index contributed by atoms with van der Waals surface area (Å²) in [5, 5.41) is 8.94. The fourth-order valence-corrected chi connectivity index (χ4v) is 5.40. The van der Waals surface area contributed by atoms with Gasteiger partial charge in [-0.3, -0.25) is 14.3 Å². The summed E-state index contributed by atoms with van der Waals surface area (Å²) in [4.78, 5) is 26.5. The lowest BCUT2D eigenvalue weighted by atomic mass is 10.3. The van der Waals surface area contributed by atoms with Gasteiger partial charge in [-0.15, -0.1) is 6.58 Å². The fourth-order valence-electron chi connectivity index (χ4n) is 3.19. The van der Waals surface area contributed by atoms with Gasteiger partial charge in [0.2, 0.25) is 0 Å². The van der Waals surface area contributed by atoms with Crippen LogP contribution in [-0.2, 0) is 23.1 Å². The van der Waals surface area contributed by atoms with Gasteiger partial charge in [-0.05, 0) is 46.8 Å². The summed E-state index contributed by atoms with van der Waals surface area (Å²) < 4.78 is 39.4. The molecule has 1 aromatic heterocycles. The number of ether oxygens (including phenoxy) is 2. The average Bonchev–Trinajstić information content (AvgIpc) is 2.79. The number of nitriles is 1. The molecule has 0 saturated carbocycles. The van der Waals surface area contributed by atoms with E-state index in [2.05, 4.69) is 22.3 Å². The van der Waals surface area contributed by atoms with Crippen molar-refractivity contribution < 1.29 is 23.1 Å². The van der Waals surface area contributed by atoms with Gasteiger partial charge in [-0.25, -0.2) is 9.46 Å². The molecular weight excluding hydrogens is 518 g/mol. The first kappa shape index (κ1) is 33.1. The third-order valence-corrected chi connectivity index (χ3v) is 7.63. The summed E-state index contributed by atoms with van der Waals surface area (Å²) in [5.74, 6) is 1.57. The van der Waals surface area contributed by atoms with Crippen LogP contribution in [0, 0.1) is 11.3 Å². The van der Waals surface area contributed by atoms with Crippen molar-refractivity contribution in [1.29, 1.82) is 5.26 Å². The molecule has 1 aromatic rings. The highest BCUT2D eigenvalue weighted by Crippen LogP contribution is 2.46. The van der Waals surface area contributed by atoms with Crippen LogP contribution >= 0.6 is 15.7 Å². The lowest BCUT2D eigenvalue weighted by Crippen LogP contribution is -2.38. The number of rotatable bonds is 18. The Balaban J connectivity index is 3.32. The smallest absolute Gasteiger partial charge is 0.330 e. The number of hydrogen-bond donors (Lipinski definition) is 1. The maximum absolute atomic E-state index is 12.6. The van der Waals surface area contributed by atoms with Gasteiger partial charge in [-0.1, -0.05) is 12.2 Å². The normalized spacial score (nSPS) is 14.8. The summed E-state index contributed by atoms with van der Waals surface area (Å²) in [7, 11) is -4.12. The van der Waals surface area contributed by atoms with Gasteiger partial charge < -0.3 is 23.1 Å². The molecule has 1 heterocycles. The van der Waals surface area contributed by atoms with E-state index >= 15 is 0 Å². The van der Waals surface area contributed by atoms with E-state index in [1.165, 1.54) is 16.8 Å². The van der Waals surface area contributed by atoms with Gasteiger partial charge in [0.25, 0.3) is 14.1 Å². The number of H-pyrrole nitrogens is 1. The second-order valence-electron chi connectivity index (χ2n) is 9.09. The van der Waals surface area contributed by atoms with Crippen LogP contribution in [0.4, 0.5) is 0 Å². The Hall–Kier alpha value is -1.89. The molecular formula is C24H40N4O7P2. The molecule has 37 heavy (non-hydrogen) atoms. The molecule has 0 aromatic carbocycles. The van der Waals surface area contributed by atoms with Crippen LogP contribution in [0.2, 0.25) is 0 Å². The lowest BCUT2D eigenvalue weighted by molar-refractivity contribution is -0.0846. The van der Waals surface area contributed by atoms with Crippen molar-refractivity contribution in [3.63, 3.8) is 0 Å². The largest absolute Gasteiger partial charge is 0.374 e. The van der Waals surface area contributed by atoms with Gasteiger partial charge in [0, 0.05) is 24.3 Å². The lowest BCUT2D eigenvalue weighted by Gasteiger charge is -2.36. The van der Waals surface area contributed by atoms with Crippen molar-refractivity contribution in [3.05, 3.63) is 57.6 Å². The van der Waals surface area contributed by atoms with Gasteiger partial charge in [0.15, 0.2) is 6.23 Å². The van der Waals surface area contributed by atoms with Gasteiger partial charge in [-0.2, -0.15) is 5.26 Å². The Labute approximate surface area is 220 Å². The minimum atomic E-state index is -2.51. The zero-order valence-corrected chi connectivity index (χ0v) is 24.3. The van der Waals surface area contributed by atoms with Crippen molar-refractivity contribution in [1.82, 2.24) is 14.2 Å². The van der Waals surface area contributed by atoms with Crippen LogP contribution in [0.5, 0.6) is 0 Å². The van der Waals surface area contributed by atoms with E-state index in [4.69, 9.17) is 23.8 Å². The predicted octanol–water partition coefficient (Wildman–Crippen LogP) is 4.05. The zero-order chi connectivity index (χ0) is 28.0. The summed E-state index contributed by atoms with van der Waals surface area (Å²) in [6, 6.07) is 3.43. The topological polar surface area (TPSA) is 136 Å². The molecule has 0 fully saturated rings. The van der Waals surface area contributed by atoms with E-state index in [0.717, 1.165) is 0 Å². The highest BCUT2D eigenvalue weighted by molar-refractivity contribution is 7.65. The van der Waals surface area contributed by atoms with E-state index in [0.29, 0.717) is 0 Å². The standard InChI is InChI=1S/C24H40N4O7P2/c1-8-14-32-17-21(11-16-37(6,7)31)35-23(27-13-10-22(29)26-24(27)30)18-34-36(33-15-9-12-25)28(19(2)3)20(4)5/h8,10-11,13,16,19-21,23H,1,9,14-15,17-18H2,2-7H3,(H,26,29,30)/b16-11+. The van der Waals surface area contributed by atoms with Gasteiger partial charge in [0.05, 0.1) is 32.3 Å². The second kappa shape index (κ2) is 16.8. The Morgan fingerprint density at radius 2 is 1.89 bits per heavy atom. The van der Waals surface area contributed by atoms with Crippen molar-refractivity contribution in [2.24, 2.45) is 0 Å². The van der Waals surface area contributed by atoms with E-state index in [1.807, 2.05) is 27.7 Å². The molecule has 0 saturated heterocycles. The second-order valence-corrected chi connectivity index (χ2v) is 13.7. The van der Waals surface area contributed by atoms with Crippen LogP contribution in [0.3, 0.4) is 0 Å². The summed E-state index contributed by atoms with van der Waals surface area (Å²) in [6.45, 7) is 15.4. The molecule has 0 amide bonds. The molecule has 0 radical (unpaired) electrons.